The summed E-state index contributed by atoms with van der Waals surface area (Å²) in [6.07, 6.45) is 2.26. The second-order valence-electron chi connectivity index (χ2n) is 7.15. The molecule has 1 amide bonds. The van der Waals surface area contributed by atoms with E-state index in [4.69, 9.17) is 0 Å². The summed E-state index contributed by atoms with van der Waals surface area (Å²) in [5, 5.41) is 2.68. The quantitative estimate of drug-likeness (QED) is 0.572. The van der Waals surface area contributed by atoms with Gasteiger partial charge in [-0.25, -0.2) is 4.39 Å². The van der Waals surface area contributed by atoms with Gasteiger partial charge in [0.15, 0.2) is 0 Å². The van der Waals surface area contributed by atoms with Crippen LogP contribution in [0.15, 0.2) is 72.8 Å². The molecule has 0 aromatic heterocycles. The minimum absolute atomic E-state index is 0.226. The Kier molecular flexibility index (Phi) is 4.76. The van der Waals surface area contributed by atoms with Crippen LogP contribution >= 0.6 is 0 Å². The highest BCUT2D eigenvalue weighted by atomic mass is 19.1. The lowest BCUT2D eigenvalue weighted by molar-refractivity contribution is 0.102. The number of anilines is 1. The van der Waals surface area contributed by atoms with Crippen LogP contribution in [0.3, 0.4) is 0 Å². The number of amides is 1. The molecule has 1 aliphatic carbocycles. The molecular formula is C24H22FNO. The van der Waals surface area contributed by atoms with Crippen molar-refractivity contribution in [2.45, 2.75) is 25.7 Å². The molecule has 1 N–H and O–H groups in total. The molecule has 2 unspecified atom stereocenters. The van der Waals surface area contributed by atoms with Crippen LogP contribution in [0.4, 0.5) is 10.1 Å². The Morgan fingerprint density at radius 3 is 2.33 bits per heavy atom. The first-order valence-corrected chi connectivity index (χ1v) is 9.42. The Morgan fingerprint density at radius 2 is 1.70 bits per heavy atom. The second-order valence-corrected chi connectivity index (χ2v) is 7.15. The predicted molar refractivity (Wildman–Crippen MR) is 107 cm³/mol. The monoisotopic (exact) mass is 359 g/mol. The van der Waals surface area contributed by atoms with Gasteiger partial charge in [0.1, 0.15) is 5.82 Å². The molecule has 1 saturated carbocycles. The lowest BCUT2D eigenvalue weighted by Gasteiger charge is -2.09. The van der Waals surface area contributed by atoms with Gasteiger partial charge in [-0.2, -0.15) is 0 Å². The summed E-state index contributed by atoms with van der Waals surface area (Å²) >= 11 is 0. The molecule has 0 aliphatic heterocycles. The Morgan fingerprint density at radius 1 is 1.00 bits per heavy atom. The van der Waals surface area contributed by atoms with Gasteiger partial charge in [0.25, 0.3) is 5.91 Å². The average Bonchev–Trinajstić information content (AvgIpc) is 3.50. The van der Waals surface area contributed by atoms with E-state index in [2.05, 4.69) is 12.2 Å². The first-order valence-electron chi connectivity index (χ1n) is 9.42. The zero-order valence-electron chi connectivity index (χ0n) is 15.3. The summed E-state index contributed by atoms with van der Waals surface area (Å²) in [4.78, 5) is 12.5. The molecule has 3 aromatic rings. The van der Waals surface area contributed by atoms with Gasteiger partial charge in [-0.05, 0) is 59.2 Å². The fourth-order valence-corrected chi connectivity index (χ4v) is 3.61. The smallest absolute Gasteiger partial charge is 0.255 e. The highest BCUT2D eigenvalue weighted by Crippen LogP contribution is 2.49. The maximum atomic E-state index is 14.4. The number of nitrogens with one attached hydrogen (secondary N) is 1. The van der Waals surface area contributed by atoms with Crippen LogP contribution in [0.5, 0.6) is 0 Å². The maximum absolute atomic E-state index is 14.4. The van der Waals surface area contributed by atoms with E-state index in [9.17, 15) is 9.18 Å². The number of carbonyl (C=O) groups is 1. The van der Waals surface area contributed by atoms with E-state index in [0.29, 0.717) is 17.4 Å². The van der Waals surface area contributed by atoms with Gasteiger partial charge in [0.2, 0.25) is 0 Å². The Balaban J connectivity index is 1.46. The first kappa shape index (κ1) is 17.5. The number of benzene rings is 3. The van der Waals surface area contributed by atoms with E-state index in [-0.39, 0.29) is 17.4 Å². The molecule has 1 fully saturated rings. The summed E-state index contributed by atoms with van der Waals surface area (Å²) in [7, 11) is 0. The zero-order valence-corrected chi connectivity index (χ0v) is 15.3. The zero-order chi connectivity index (χ0) is 18.8. The van der Waals surface area contributed by atoms with Crippen molar-refractivity contribution >= 4 is 11.6 Å². The maximum Gasteiger partial charge on any atom is 0.255 e. The Bertz CT molecular complexity index is 950. The minimum Gasteiger partial charge on any atom is -0.319 e. The highest BCUT2D eigenvalue weighted by molar-refractivity contribution is 6.04. The van der Waals surface area contributed by atoms with Crippen molar-refractivity contribution in [2.24, 2.45) is 5.92 Å². The fraction of sp³-hybridized carbons (Fsp3) is 0.208. The third-order valence-electron chi connectivity index (χ3n) is 5.37. The van der Waals surface area contributed by atoms with Gasteiger partial charge in [-0.15, -0.1) is 0 Å². The van der Waals surface area contributed by atoms with Gasteiger partial charge in [0.05, 0.1) is 5.69 Å². The van der Waals surface area contributed by atoms with E-state index in [0.717, 1.165) is 29.5 Å². The third-order valence-corrected chi connectivity index (χ3v) is 5.37. The van der Waals surface area contributed by atoms with Crippen LogP contribution in [0, 0.1) is 11.7 Å². The van der Waals surface area contributed by atoms with Crippen molar-refractivity contribution in [3.63, 3.8) is 0 Å². The van der Waals surface area contributed by atoms with E-state index >= 15 is 0 Å². The molecule has 2 nitrogen and oxygen atoms in total. The average molecular weight is 359 g/mol. The van der Waals surface area contributed by atoms with Crippen LogP contribution < -0.4 is 5.32 Å². The number of halogens is 1. The third kappa shape index (κ3) is 3.77. The van der Waals surface area contributed by atoms with Crippen LogP contribution in [-0.2, 0) is 0 Å². The van der Waals surface area contributed by atoms with E-state index < -0.39 is 0 Å². The molecule has 4 rings (SSSR count). The molecule has 0 radical (unpaired) electrons. The van der Waals surface area contributed by atoms with Gasteiger partial charge >= 0.3 is 0 Å². The predicted octanol–water partition coefficient (Wildman–Crippen LogP) is 6.26. The van der Waals surface area contributed by atoms with Crippen molar-refractivity contribution < 1.29 is 9.18 Å². The van der Waals surface area contributed by atoms with Crippen molar-refractivity contribution in [1.29, 1.82) is 0 Å². The molecule has 2 atom stereocenters. The van der Waals surface area contributed by atoms with E-state index in [1.807, 2.05) is 48.5 Å². The Hall–Kier alpha value is -2.94. The minimum atomic E-state index is -0.372. The van der Waals surface area contributed by atoms with Crippen molar-refractivity contribution in [1.82, 2.24) is 0 Å². The largest absolute Gasteiger partial charge is 0.319 e. The van der Waals surface area contributed by atoms with Crippen molar-refractivity contribution in [2.75, 3.05) is 5.32 Å². The topological polar surface area (TPSA) is 29.1 Å². The summed E-state index contributed by atoms with van der Waals surface area (Å²) in [5.41, 5.74) is 3.90. The van der Waals surface area contributed by atoms with Crippen LogP contribution in [0.1, 0.15) is 41.6 Å². The molecule has 0 spiro atoms. The molecule has 136 valence electrons. The molecule has 3 aromatic carbocycles. The highest BCUT2D eigenvalue weighted by Gasteiger charge is 2.36. The summed E-state index contributed by atoms with van der Waals surface area (Å²) < 4.78 is 14.4. The molecule has 0 bridgehead atoms. The fourth-order valence-electron chi connectivity index (χ4n) is 3.61. The SMILES string of the molecule is CCC1CC1c1ccc(NC(=O)c2ccc(-c3ccccc3)cc2)c(F)c1. The lowest BCUT2D eigenvalue weighted by atomic mass is 10.0. The van der Waals surface area contributed by atoms with Gasteiger partial charge in [-0.1, -0.05) is 61.9 Å². The van der Waals surface area contributed by atoms with Gasteiger partial charge in [-0.3, -0.25) is 4.79 Å². The lowest BCUT2D eigenvalue weighted by Crippen LogP contribution is -2.13. The van der Waals surface area contributed by atoms with Crippen molar-refractivity contribution in [3.8, 4) is 11.1 Å². The van der Waals surface area contributed by atoms with Crippen LogP contribution in [-0.4, -0.2) is 5.91 Å². The molecule has 3 heteroatoms. The molecular weight excluding hydrogens is 337 g/mol. The Labute approximate surface area is 159 Å². The van der Waals surface area contributed by atoms with Crippen LogP contribution in [0.25, 0.3) is 11.1 Å². The molecule has 1 aliphatic rings. The van der Waals surface area contributed by atoms with E-state index in [1.54, 1.807) is 24.3 Å². The first-order chi connectivity index (χ1) is 13.2. The number of hydrogen-bond donors (Lipinski definition) is 1. The molecule has 0 heterocycles. The molecule has 27 heavy (non-hydrogen) atoms. The van der Waals surface area contributed by atoms with Gasteiger partial charge < -0.3 is 5.32 Å². The standard InChI is InChI=1S/C24H22FNO/c1-2-16-14-21(16)20-12-13-23(22(25)15-20)26-24(27)19-10-8-18(9-11-19)17-6-4-3-5-7-17/h3-13,15-16,21H,2,14H2,1H3,(H,26,27). The number of rotatable bonds is 5. The summed E-state index contributed by atoms with van der Waals surface area (Å²) in [6, 6.07) is 22.5. The van der Waals surface area contributed by atoms with Gasteiger partial charge in [0, 0.05) is 5.56 Å². The van der Waals surface area contributed by atoms with Crippen molar-refractivity contribution in [3.05, 3.63) is 89.7 Å². The molecule has 0 saturated heterocycles. The number of carbonyl (C=O) groups excluding carboxylic acids is 1. The summed E-state index contributed by atoms with van der Waals surface area (Å²) in [5.74, 6) is 0.468. The second kappa shape index (κ2) is 7.36. The normalized spacial score (nSPS) is 18.1. The van der Waals surface area contributed by atoms with Crippen LogP contribution in [0.2, 0.25) is 0 Å². The summed E-state index contributed by atoms with van der Waals surface area (Å²) in [6.45, 7) is 2.17. The van der Waals surface area contributed by atoms with E-state index in [1.165, 1.54) is 0 Å². The number of hydrogen-bond acceptors (Lipinski definition) is 1.